The van der Waals surface area contributed by atoms with Gasteiger partial charge in [-0.2, -0.15) is 0 Å². The van der Waals surface area contributed by atoms with E-state index in [0.717, 1.165) is 50.0 Å². The average Bonchev–Trinajstić information content (AvgIpc) is 3.03. The number of benzene rings is 1. The molecule has 5 nitrogen and oxygen atoms in total. The minimum absolute atomic E-state index is 0.139. The highest BCUT2D eigenvalue weighted by molar-refractivity contribution is 7.99. The highest BCUT2D eigenvalue weighted by Crippen LogP contribution is 2.36. The second-order valence-corrected chi connectivity index (χ2v) is 7.86. The number of thioether (sulfide) groups is 1. The summed E-state index contributed by atoms with van der Waals surface area (Å²) in [6.45, 7) is 7.44. The normalized spacial score (nSPS) is 30.7. The van der Waals surface area contributed by atoms with Gasteiger partial charge in [-0.1, -0.05) is 19.1 Å². The number of ether oxygens (including phenoxy) is 2. The van der Waals surface area contributed by atoms with Crippen molar-refractivity contribution in [3.8, 4) is 5.75 Å². The maximum absolute atomic E-state index is 12.9. The zero-order valence-electron chi connectivity index (χ0n) is 14.0. The third kappa shape index (κ3) is 3.15. The van der Waals surface area contributed by atoms with E-state index in [9.17, 15) is 4.79 Å². The van der Waals surface area contributed by atoms with Gasteiger partial charge in [0.05, 0.1) is 13.2 Å². The van der Waals surface area contributed by atoms with Crippen LogP contribution >= 0.6 is 11.8 Å². The van der Waals surface area contributed by atoms with E-state index in [0.29, 0.717) is 17.7 Å². The lowest BCUT2D eigenvalue weighted by molar-refractivity contribution is -0.137. The summed E-state index contributed by atoms with van der Waals surface area (Å²) < 4.78 is 11.4. The van der Waals surface area contributed by atoms with E-state index in [4.69, 9.17) is 9.47 Å². The molecule has 2 fully saturated rings. The molecule has 4 rings (SSSR count). The Morgan fingerprint density at radius 1 is 1.21 bits per heavy atom. The van der Waals surface area contributed by atoms with Gasteiger partial charge >= 0.3 is 0 Å². The third-order valence-corrected chi connectivity index (χ3v) is 6.30. The summed E-state index contributed by atoms with van der Waals surface area (Å²) in [5, 5.41) is 0. The van der Waals surface area contributed by atoms with Crippen LogP contribution in [0, 0.1) is 5.92 Å². The molecule has 3 heterocycles. The van der Waals surface area contributed by atoms with Crippen LogP contribution < -0.4 is 4.74 Å². The fourth-order valence-corrected chi connectivity index (χ4v) is 4.83. The van der Waals surface area contributed by atoms with Gasteiger partial charge in [0.25, 0.3) is 5.91 Å². The van der Waals surface area contributed by atoms with Crippen LogP contribution in [-0.2, 0) is 9.53 Å². The third-order valence-electron chi connectivity index (χ3n) is 5.18. The van der Waals surface area contributed by atoms with Crippen LogP contribution in [-0.4, -0.2) is 73.0 Å². The van der Waals surface area contributed by atoms with E-state index in [1.54, 1.807) is 11.8 Å². The van der Waals surface area contributed by atoms with Crippen molar-refractivity contribution >= 4 is 17.7 Å². The number of carbonyl (C=O) groups excluding carboxylic acids is 1. The summed E-state index contributed by atoms with van der Waals surface area (Å²) in [5.74, 6) is 2.17. The highest BCUT2D eigenvalue weighted by atomic mass is 32.2. The van der Waals surface area contributed by atoms with Crippen molar-refractivity contribution in [2.45, 2.75) is 24.0 Å². The summed E-state index contributed by atoms with van der Waals surface area (Å²) in [4.78, 5) is 18.5. The summed E-state index contributed by atoms with van der Waals surface area (Å²) in [6.07, 6.45) is -0.361. The minimum atomic E-state index is -0.361. The number of morpholine rings is 1. The average molecular weight is 348 g/mol. The maximum atomic E-state index is 12.9. The lowest BCUT2D eigenvalue weighted by Gasteiger charge is -2.34. The van der Waals surface area contributed by atoms with Gasteiger partial charge < -0.3 is 14.4 Å². The molecule has 2 saturated heterocycles. The zero-order valence-corrected chi connectivity index (χ0v) is 14.8. The summed E-state index contributed by atoms with van der Waals surface area (Å²) >= 11 is 1.71. The van der Waals surface area contributed by atoms with Crippen molar-refractivity contribution < 1.29 is 14.3 Å². The first kappa shape index (κ1) is 16.2. The number of hydrogen-bond donors (Lipinski definition) is 0. The van der Waals surface area contributed by atoms with E-state index >= 15 is 0 Å². The molecule has 0 radical (unpaired) electrons. The number of rotatable bonds is 2. The second-order valence-electron chi connectivity index (χ2n) is 6.80. The van der Waals surface area contributed by atoms with Crippen LogP contribution in [0.3, 0.4) is 0 Å². The smallest absolute Gasteiger partial charge is 0.264 e. The van der Waals surface area contributed by atoms with Gasteiger partial charge in [-0.05, 0) is 18.1 Å². The molecule has 0 spiro atoms. The Bertz CT molecular complexity index is 606. The van der Waals surface area contributed by atoms with Crippen LogP contribution in [0.15, 0.2) is 29.2 Å². The topological polar surface area (TPSA) is 42.0 Å². The maximum Gasteiger partial charge on any atom is 0.264 e. The number of carbonyl (C=O) groups is 1. The van der Waals surface area contributed by atoms with E-state index in [1.165, 1.54) is 0 Å². The van der Waals surface area contributed by atoms with Crippen LogP contribution in [0.1, 0.15) is 6.92 Å². The molecule has 3 aliphatic heterocycles. The van der Waals surface area contributed by atoms with Gasteiger partial charge in [0.1, 0.15) is 5.75 Å². The van der Waals surface area contributed by atoms with E-state index in [2.05, 4.69) is 11.8 Å². The molecular formula is C18H24N2O3S. The molecule has 130 valence electrons. The standard InChI is InChI=1S/C18H24N2O3S/c1-13-10-20(11-14(13)19-6-8-22-9-7-19)18(21)16-12-24-17-5-3-2-4-15(17)23-16/h2-5,13-14,16H,6-12H2,1H3/t13-,14+,16+/m1/s1. The second kappa shape index (κ2) is 6.94. The van der Waals surface area contributed by atoms with Gasteiger partial charge in [-0.25, -0.2) is 0 Å². The Balaban J connectivity index is 1.40. The number of para-hydroxylation sites is 1. The molecule has 6 heteroatoms. The first-order valence-electron chi connectivity index (χ1n) is 8.71. The molecule has 0 N–H and O–H groups in total. The fraction of sp³-hybridized carbons (Fsp3) is 0.611. The van der Waals surface area contributed by atoms with Crippen LogP contribution in [0.5, 0.6) is 5.75 Å². The summed E-state index contributed by atoms with van der Waals surface area (Å²) in [5.41, 5.74) is 0. The molecule has 3 atom stereocenters. The van der Waals surface area contributed by atoms with Crippen molar-refractivity contribution in [3.63, 3.8) is 0 Å². The molecular weight excluding hydrogens is 324 g/mol. The Labute approximate surface area is 147 Å². The van der Waals surface area contributed by atoms with Gasteiger partial charge in [0.2, 0.25) is 0 Å². The van der Waals surface area contributed by atoms with Gasteiger partial charge in [0.15, 0.2) is 6.10 Å². The predicted molar refractivity (Wildman–Crippen MR) is 93.5 cm³/mol. The Morgan fingerprint density at radius 3 is 2.83 bits per heavy atom. The fourth-order valence-electron chi connectivity index (χ4n) is 3.86. The van der Waals surface area contributed by atoms with Crippen LogP contribution in [0.25, 0.3) is 0 Å². The molecule has 1 aromatic carbocycles. The molecule has 0 bridgehead atoms. The number of fused-ring (bicyclic) bond motifs is 1. The van der Waals surface area contributed by atoms with Crippen LogP contribution in [0.2, 0.25) is 0 Å². The number of hydrogen-bond acceptors (Lipinski definition) is 5. The van der Waals surface area contributed by atoms with Gasteiger partial charge in [-0.3, -0.25) is 9.69 Å². The van der Waals surface area contributed by atoms with Gasteiger partial charge in [-0.15, -0.1) is 11.8 Å². The quantitative estimate of drug-likeness (QED) is 0.814. The van der Waals surface area contributed by atoms with E-state index < -0.39 is 0 Å². The molecule has 0 unspecified atom stereocenters. The zero-order chi connectivity index (χ0) is 16.5. The van der Waals surface area contributed by atoms with Crippen molar-refractivity contribution in [2.24, 2.45) is 5.92 Å². The first-order chi connectivity index (χ1) is 11.7. The minimum Gasteiger partial charge on any atom is -0.479 e. The van der Waals surface area contributed by atoms with Crippen molar-refractivity contribution in [1.82, 2.24) is 9.80 Å². The van der Waals surface area contributed by atoms with Crippen molar-refractivity contribution in [1.29, 1.82) is 0 Å². The van der Waals surface area contributed by atoms with E-state index in [-0.39, 0.29) is 12.0 Å². The largest absolute Gasteiger partial charge is 0.479 e. The molecule has 1 aromatic rings. The molecule has 1 amide bonds. The number of likely N-dealkylation sites (tertiary alicyclic amines) is 1. The molecule has 0 aromatic heterocycles. The number of amides is 1. The van der Waals surface area contributed by atoms with Crippen molar-refractivity contribution in [3.05, 3.63) is 24.3 Å². The molecule has 0 saturated carbocycles. The predicted octanol–water partition coefficient (Wildman–Crippen LogP) is 1.72. The molecule has 0 aliphatic carbocycles. The lowest BCUT2D eigenvalue weighted by Crippen LogP contribution is -2.48. The number of nitrogens with zero attached hydrogens (tertiary/aromatic N) is 2. The Morgan fingerprint density at radius 2 is 2.00 bits per heavy atom. The first-order valence-corrected chi connectivity index (χ1v) is 9.70. The van der Waals surface area contributed by atoms with Crippen LogP contribution in [0.4, 0.5) is 0 Å². The Hall–Kier alpha value is -1.24. The summed E-state index contributed by atoms with van der Waals surface area (Å²) in [6, 6.07) is 8.41. The SMILES string of the molecule is C[C@@H]1CN(C(=O)[C@@H]2CSc3ccccc3O2)C[C@@H]1N1CCOCC1. The monoisotopic (exact) mass is 348 g/mol. The lowest BCUT2D eigenvalue weighted by atomic mass is 10.0. The van der Waals surface area contributed by atoms with E-state index in [1.807, 2.05) is 29.2 Å². The van der Waals surface area contributed by atoms with Crippen molar-refractivity contribution in [2.75, 3.05) is 45.1 Å². The summed E-state index contributed by atoms with van der Waals surface area (Å²) in [7, 11) is 0. The Kier molecular flexibility index (Phi) is 4.70. The molecule has 24 heavy (non-hydrogen) atoms. The van der Waals surface area contributed by atoms with Gasteiger partial charge in [0, 0.05) is 42.9 Å². The molecule has 3 aliphatic rings. The highest BCUT2D eigenvalue weighted by Gasteiger charge is 2.40.